The highest BCUT2D eigenvalue weighted by molar-refractivity contribution is 7.91. The summed E-state index contributed by atoms with van der Waals surface area (Å²) in [6, 6.07) is 6.75. The van der Waals surface area contributed by atoms with Crippen LogP contribution < -0.4 is 10.1 Å². The molecule has 1 unspecified atom stereocenters. The van der Waals surface area contributed by atoms with Crippen LogP contribution in [0.2, 0.25) is 0 Å². The summed E-state index contributed by atoms with van der Waals surface area (Å²) in [5.41, 5.74) is 0.791. The molecule has 21 heavy (non-hydrogen) atoms. The number of nitrogens with one attached hydrogen (secondary N) is 1. The van der Waals surface area contributed by atoms with Gasteiger partial charge in [0.1, 0.15) is 5.75 Å². The van der Waals surface area contributed by atoms with E-state index >= 15 is 0 Å². The van der Waals surface area contributed by atoms with Crippen molar-refractivity contribution < 1.29 is 22.7 Å². The fourth-order valence-corrected chi connectivity index (χ4v) is 2.75. The summed E-state index contributed by atoms with van der Waals surface area (Å²) in [5, 5.41) is 3.11. The van der Waals surface area contributed by atoms with Crippen LogP contribution >= 0.6 is 0 Å². The SMILES string of the molecule is CCS(=O)(=O)CC(C)Nc1ccc(OCC(=O)OC)cc1. The second kappa shape index (κ2) is 7.87. The number of hydrogen-bond donors (Lipinski definition) is 1. The Morgan fingerprint density at radius 2 is 1.90 bits per heavy atom. The van der Waals surface area contributed by atoms with E-state index in [1.807, 2.05) is 6.92 Å². The number of benzene rings is 1. The minimum absolute atomic E-state index is 0.0874. The largest absolute Gasteiger partial charge is 0.482 e. The van der Waals surface area contributed by atoms with Crippen LogP contribution in [0.3, 0.4) is 0 Å². The topological polar surface area (TPSA) is 81.7 Å². The van der Waals surface area contributed by atoms with Crippen molar-refractivity contribution in [3.8, 4) is 5.75 Å². The summed E-state index contributed by atoms with van der Waals surface area (Å²) in [6.45, 7) is 3.30. The van der Waals surface area contributed by atoms with E-state index in [4.69, 9.17) is 4.74 Å². The van der Waals surface area contributed by atoms with Gasteiger partial charge in [-0.15, -0.1) is 0 Å². The highest BCUT2D eigenvalue weighted by Crippen LogP contribution is 2.16. The van der Waals surface area contributed by atoms with Gasteiger partial charge in [-0.1, -0.05) is 6.92 Å². The van der Waals surface area contributed by atoms with E-state index in [9.17, 15) is 13.2 Å². The van der Waals surface area contributed by atoms with Crippen molar-refractivity contribution in [2.45, 2.75) is 19.9 Å². The molecule has 1 N–H and O–H groups in total. The van der Waals surface area contributed by atoms with Crippen molar-refractivity contribution in [3.63, 3.8) is 0 Å². The van der Waals surface area contributed by atoms with Crippen LogP contribution in [-0.2, 0) is 19.4 Å². The van der Waals surface area contributed by atoms with Crippen LogP contribution in [0.25, 0.3) is 0 Å². The van der Waals surface area contributed by atoms with Crippen LogP contribution in [0.5, 0.6) is 5.75 Å². The van der Waals surface area contributed by atoms with Gasteiger partial charge < -0.3 is 14.8 Å². The molecule has 1 aromatic rings. The lowest BCUT2D eigenvalue weighted by Crippen LogP contribution is -2.26. The summed E-state index contributed by atoms with van der Waals surface area (Å²) >= 11 is 0. The third kappa shape index (κ3) is 6.48. The van der Waals surface area contributed by atoms with Crippen LogP contribution in [-0.4, -0.2) is 45.7 Å². The molecule has 0 bridgehead atoms. The van der Waals surface area contributed by atoms with E-state index in [0.29, 0.717) is 5.75 Å². The monoisotopic (exact) mass is 315 g/mol. The zero-order valence-corrected chi connectivity index (χ0v) is 13.3. The molecule has 0 aliphatic heterocycles. The Bertz CT molecular complexity index is 553. The molecule has 0 heterocycles. The van der Waals surface area contributed by atoms with Gasteiger partial charge in [0, 0.05) is 17.5 Å². The maximum Gasteiger partial charge on any atom is 0.343 e. The maximum absolute atomic E-state index is 11.5. The van der Waals surface area contributed by atoms with E-state index in [-0.39, 0.29) is 24.2 Å². The van der Waals surface area contributed by atoms with Crippen molar-refractivity contribution >= 4 is 21.5 Å². The summed E-state index contributed by atoms with van der Waals surface area (Å²) in [7, 11) is -1.71. The molecule has 7 heteroatoms. The third-order valence-electron chi connectivity index (χ3n) is 2.80. The van der Waals surface area contributed by atoms with Crippen LogP contribution in [0.1, 0.15) is 13.8 Å². The quantitative estimate of drug-likeness (QED) is 0.732. The molecule has 0 saturated carbocycles. The van der Waals surface area contributed by atoms with Gasteiger partial charge in [-0.3, -0.25) is 0 Å². The highest BCUT2D eigenvalue weighted by Gasteiger charge is 2.13. The summed E-state index contributed by atoms with van der Waals surface area (Å²) in [4.78, 5) is 10.9. The predicted octanol–water partition coefficient (Wildman–Crippen LogP) is 1.47. The lowest BCUT2D eigenvalue weighted by molar-refractivity contribution is -0.142. The summed E-state index contributed by atoms with van der Waals surface area (Å²) < 4.78 is 32.7. The number of methoxy groups -OCH3 is 1. The van der Waals surface area contributed by atoms with Gasteiger partial charge in [-0.05, 0) is 31.2 Å². The van der Waals surface area contributed by atoms with Gasteiger partial charge in [0.25, 0.3) is 0 Å². The van der Waals surface area contributed by atoms with Crippen molar-refractivity contribution in [1.82, 2.24) is 0 Å². The molecule has 1 rings (SSSR count). The van der Waals surface area contributed by atoms with Crippen molar-refractivity contribution in [2.75, 3.05) is 30.5 Å². The number of rotatable bonds is 8. The van der Waals surface area contributed by atoms with Crippen LogP contribution in [0, 0.1) is 0 Å². The Labute approximate surface area is 125 Å². The average Bonchev–Trinajstić information content (AvgIpc) is 2.45. The Kier molecular flexibility index (Phi) is 6.48. The number of sulfone groups is 1. The van der Waals surface area contributed by atoms with Crippen molar-refractivity contribution in [1.29, 1.82) is 0 Å². The Morgan fingerprint density at radius 3 is 2.43 bits per heavy atom. The molecule has 0 radical (unpaired) electrons. The molecule has 1 aromatic carbocycles. The van der Waals surface area contributed by atoms with E-state index in [2.05, 4.69) is 10.1 Å². The van der Waals surface area contributed by atoms with Crippen LogP contribution in [0.15, 0.2) is 24.3 Å². The van der Waals surface area contributed by atoms with Gasteiger partial charge in [0.05, 0.1) is 12.9 Å². The van der Waals surface area contributed by atoms with Gasteiger partial charge in [0.2, 0.25) is 0 Å². The molecule has 118 valence electrons. The van der Waals surface area contributed by atoms with Gasteiger partial charge in [0.15, 0.2) is 16.4 Å². The molecule has 0 fully saturated rings. The lowest BCUT2D eigenvalue weighted by Gasteiger charge is -2.15. The fourth-order valence-electron chi connectivity index (χ4n) is 1.67. The lowest BCUT2D eigenvalue weighted by atomic mass is 10.2. The Hall–Kier alpha value is -1.76. The van der Waals surface area contributed by atoms with E-state index in [1.165, 1.54) is 7.11 Å². The molecule has 0 amide bonds. The van der Waals surface area contributed by atoms with E-state index in [1.54, 1.807) is 31.2 Å². The highest BCUT2D eigenvalue weighted by atomic mass is 32.2. The molecule has 1 atom stereocenters. The zero-order valence-electron chi connectivity index (χ0n) is 12.5. The first-order valence-electron chi connectivity index (χ1n) is 6.63. The first-order chi connectivity index (χ1) is 9.86. The standard InChI is InChI=1S/C14H21NO5S/c1-4-21(17,18)10-11(2)15-12-5-7-13(8-6-12)20-9-14(16)19-3/h5-8,11,15H,4,9-10H2,1-3H3. The second-order valence-electron chi connectivity index (χ2n) is 4.63. The second-order valence-corrected chi connectivity index (χ2v) is 7.03. The van der Waals surface area contributed by atoms with Gasteiger partial charge in [-0.25, -0.2) is 13.2 Å². The van der Waals surface area contributed by atoms with Crippen LogP contribution in [0.4, 0.5) is 5.69 Å². The first-order valence-corrected chi connectivity index (χ1v) is 8.45. The minimum Gasteiger partial charge on any atom is -0.482 e. The molecule has 0 aliphatic rings. The summed E-state index contributed by atoms with van der Waals surface area (Å²) in [6.07, 6.45) is 0. The van der Waals surface area contributed by atoms with E-state index < -0.39 is 15.8 Å². The smallest absolute Gasteiger partial charge is 0.343 e. The van der Waals surface area contributed by atoms with Crippen molar-refractivity contribution in [3.05, 3.63) is 24.3 Å². The Balaban J connectivity index is 2.52. The Morgan fingerprint density at radius 1 is 1.29 bits per heavy atom. The molecule has 0 spiro atoms. The minimum atomic E-state index is -3.01. The third-order valence-corrected chi connectivity index (χ3v) is 4.68. The normalized spacial score (nSPS) is 12.5. The number of ether oxygens (including phenoxy) is 2. The number of esters is 1. The number of carbonyl (C=O) groups excluding carboxylic acids is 1. The number of carbonyl (C=O) groups is 1. The van der Waals surface area contributed by atoms with Gasteiger partial charge in [-0.2, -0.15) is 0 Å². The zero-order chi connectivity index (χ0) is 15.9. The molecule has 0 saturated heterocycles. The van der Waals surface area contributed by atoms with Crippen molar-refractivity contribution in [2.24, 2.45) is 0 Å². The molecule has 6 nitrogen and oxygen atoms in total. The molecule has 0 aliphatic carbocycles. The van der Waals surface area contributed by atoms with Gasteiger partial charge >= 0.3 is 5.97 Å². The average molecular weight is 315 g/mol. The molecule has 0 aromatic heterocycles. The fraction of sp³-hybridized carbons (Fsp3) is 0.500. The maximum atomic E-state index is 11.5. The number of hydrogen-bond acceptors (Lipinski definition) is 6. The molecular formula is C14H21NO5S. The predicted molar refractivity (Wildman–Crippen MR) is 81.4 cm³/mol. The van der Waals surface area contributed by atoms with E-state index in [0.717, 1.165) is 5.69 Å². The molecular weight excluding hydrogens is 294 g/mol. The first kappa shape index (κ1) is 17.3. The summed E-state index contributed by atoms with van der Waals surface area (Å²) in [5.74, 6) is 0.319. The number of anilines is 1.